The van der Waals surface area contributed by atoms with Gasteiger partial charge >= 0.3 is 0 Å². The van der Waals surface area contributed by atoms with Gasteiger partial charge in [0.05, 0.1) is 18.1 Å². The number of pyridine rings is 1. The summed E-state index contributed by atoms with van der Waals surface area (Å²) in [5.41, 5.74) is 5.24. The number of piperidine rings is 1. The molecule has 1 saturated heterocycles. The van der Waals surface area contributed by atoms with Gasteiger partial charge in [-0.05, 0) is 73.4 Å². The highest BCUT2D eigenvalue weighted by Gasteiger charge is 2.28. The molecule has 0 saturated carbocycles. The smallest absolute Gasteiger partial charge is 0.289 e. The van der Waals surface area contributed by atoms with Gasteiger partial charge in [0, 0.05) is 30.4 Å². The van der Waals surface area contributed by atoms with Gasteiger partial charge in [-0.25, -0.2) is 9.37 Å². The van der Waals surface area contributed by atoms with Gasteiger partial charge in [-0.2, -0.15) is 0 Å². The molecule has 1 aliphatic heterocycles. The molecule has 1 aliphatic rings. The van der Waals surface area contributed by atoms with Gasteiger partial charge in [-0.1, -0.05) is 12.1 Å². The zero-order valence-corrected chi connectivity index (χ0v) is 18.6. The van der Waals surface area contributed by atoms with Crippen LogP contribution in [0.15, 0.2) is 54.6 Å². The summed E-state index contributed by atoms with van der Waals surface area (Å²) in [7, 11) is 1.66. The number of aromatic nitrogens is 3. The maximum Gasteiger partial charge on any atom is 0.289 e. The molecule has 1 fully saturated rings. The lowest BCUT2D eigenvalue weighted by atomic mass is 9.92. The van der Waals surface area contributed by atoms with E-state index in [0.29, 0.717) is 24.1 Å². The molecule has 6 nitrogen and oxygen atoms in total. The Morgan fingerprint density at radius 1 is 1.09 bits per heavy atom. The molecule has 0 unspecified atom stereocenters. The quantitative estimate of drug-likeness (QED) is 0.475. The first kappa shape index (κ1) is 21.1. The van der Waals surface area contributed by atoms with E-state index in [4.69, 9.17) is 9.72 Å². The molecule has 7 heteroatoms. The van der Waals surface area contributed by atoms with Crippen LogP contribution < -0.4 is 4.74 Å². The Morgan fingerprint density at radius 2 is 1.91 bits per heavy atom. The summed E-state index contributed by atoms with van der Waals surface area (Å²) < 4.78 is 18.8. The molecule has 0 bridgehead atoms. The van der Waals surface area contributed by atoms with Crippen LogP contribution in [0.5, 0.6) is 5.75 Å². The van der Waals surface area contributed by atoms with E-state index in [-0.39, 0.29) is 23.5 Å². The molecular formula is C26H25FN4O2. The highest BCUT2D eigenvalue weighted by molar-refractivity contribution is 5.94. The molecular weight excluding hydrogens is 419 g/mol. The van der Waals surface area contributed by atoms with Crippen LogP contribution in [-0.2, 0) is 0 Å². The molecule has 2 aromatic heterocycles. The van der Waals surface area contributed by atoms with Gasteiger partial charge in [0.25, 0.3) is 5.91 Å². The monoisotopic (exact) mass is 444 g/mol. The highest BCUT2D eigenvalue weighted by atomic mass is 19.1. The van der Waals surface area contributed by atoms with E-state index in [1.807, 2.05) is 36.1 Å². The minimum atomic E-state index is -0.360. The van der Waals surface area contributed by atoms with E-state index >= 15 is 0 Å². The standard InChI is InChI=1S/C26H25FN4O2/c1-16-12-19(17-5-8-21(33-2)9-6-17)13-23(28-16)18-4-3-11-31(15-18)26(32)25-29-22-10-7-20(27)14-24(22)30-25/h5-10,12-14,18H,3-4,11,15H2,1-2H3,(H,29,30)/t18-/m1/s1. The van der Waals surface area contributed by atoms with E-state index in [1.54, 1.807) is 13.2 Å². The number of likely N-dealkylation sites (tertiary alicyclic amines) is 1. The zero-order chi connectivity index (χ0) is 22.9. The Bertz CT molecular complexity index is 1320. The predicted octanol–water partition coefficient (Wildman–Crippen LogP) is 5.10. The van der Waals surface area contributed by atoms with Crippen molar-refractivity contribution < 1.29 is 13.9 Å². The first-order chi connectivity index (χ1) is 16.0. The first-order valence-electron chi connectivity index (χ1n) is 11.1. The van der Waals surface area contributed by atoms with Crippen molar-refractivity contribution in [2.75, 3.05) is 20.2 Å². The molecule has 1 N–H and O–H groups in total. The van der Waals surface area contributed by atoms with Crippen molar-refractivity contribution in [3.63, 3.8) is 0 Å². The normalized spacial score (nSPS) is 16.2. The van der Waals surface area contributed by atoms with Crippen LogP contribution in [0, 0.1) is 12.7 Å². The van der Waals surface area contributed by atoms with Crippen LogP contribution in [0.2, 0.25) is 0 Å². The van der Waals surface area contributed by atoms with E-state index in [2.05, 4.69) is 22.1 Å². The van der Waals surface area contributed by atoms with Gasteiger partial charge in [-0.15, -0.1) is 0 Å². The summed E-state index contributed by atoms with van der Waals surface area (Å²) >= 11 is 0. The topological polar surface area (TPSA) is 71.1 Å². The number of rotatable bonds is 4. The van der Waals surface area contributed by atoms with Crippen molar-refractivity contribution in [1.82, 2.24) is 19.9 Å². The second-order valence-corrected chi connectivity index (χ2v) is 8.49. The average Bonchev–Trinajstić information content (AvgIpc) is 3.26. The SMILES string of the molecule is COc1ccc(-c2cc(C)nc([C@@H]3CCCN(C(=O)c4nc5ccc(F)cc5[nH]4)C3)c2)cc1. The number of nitrogens with one attached hydrogen (secondary N) is 1. The second kappa shape index (κ2) is 8.65. The maximum atomic E-state index is 13.5. The number of halogens is 1. The molecule has 4 aromatic rings. The number of ether oxygens (including phenoxy) is 1. The summed E-state index contributed by atoms with van der Waals surface area (Å²) in [4.78, 5) is 27.1. The van der Waals surface area contributed by atoms with Crippen LogP contribution in [-0.4, -0.2) is 46.0 Å². The Hall–Kier alpha value is -3.74. The number of H-pyrrole nitrogens is 1. The molecule has 168 valence electrons. The Balaban J connectivity index is 1.38. The number of imidazole rings is 1. The predicted molar refractivity (Wildman–Crippen MR) is 125 cm³/mol. The Kier molecular flexibility index (Phi) is 5.54. The number of aryl methyl sites for hydroxylation is 1. The average molecular weight is 445 g/mol. The number of fused-ring (bicyclic) bond motifs is 1. The van der Waals surface area contributed by atoms with Crippen molar-refractivity contribution in [2.24, 2.45) is 0 Å². The van der Waals surface area contributed by atoms with E-state index in [1.165, 1.54) is 12.1 Å². The molecule has 3 heterocycles. The number of carbonyl (C=O) groups is 1. The zero-order valence-electron chi connectivity index (χ0n) is 18.6. The summed E-state index contributed by atoms with van der Waals surface area (Å²) in [6, 6.07) is 16.5. The number of hydrogen-bond acceptors (Lipinski definition) is 4. The van der Waals surface area contributed by atoms with Crippen molar-refractivity contribution >= 4 is 16.9 Å². The summed E-state index contributed by atoms with van der Waals surface area (Å²) in [6.45, 7) is 3.23. The molecule has 33 heavy (non-hydrogen) atoms. The van der Waals surface area contributed by atoms with E-state index in [0.717, 1.165) is 41.1 Å². The van der Waals surface area contributed by atoms with Gasteiger partial charge in [0.2, 0.25) is 0 Å². The van der Waals surface area contributed by atoms with Crippen LogP contribution in [0.25, 0.3) is 22.2 Å². The van der Waals surface area contributed by atoms with Crippen molar-refractivity contribution in [3.8, 4) is 16.9 Å². The van der Waals surface area contributed by atoms with Crippen molar-refractivity contribution in [1.29, 1.82) is 0 Å². The number of benzene rings is 2. The van der Waals surface area contributed by atoms with Crippen molar-refractivity contribution in [2.45, 2.75) is 25.7 Å². The minimum absolute atomic E-state index is 0.140. The fourth-order valence-corrected chi connectivity index (χ4v) is 4.49. The van der Waals surface area contributed by atoms with Crippen LogP contribution in [0.3, 0.4) is 0 Å². The lowest BCUT2D eigenvalue weighted by Gasteiger charge is -2.32. The van der Waals surface area contributed by atoms with Crippen LogP contribution in [0.4, 0.5) is 4.39 Å². The van der Waals surface area contributed by atoms with E-state index in [9.17, 15) is 9.18 Å². The Labute approximate surface area is 191 Å². The van der Waals surface area contributed by atoms with Gasteiger partial charge in [0.15, 0.2) is 5.82 Å². The van der Waals surface area contributed by atoms with Crippen LogP contribution >= 0.6 is 0 Å². The third-order valence-electron chi connectivity index (χ3n) is 6.17. The number of hydrogen-bond donors (Lipinski definition) is 1. The summed E-state index contributed by atoms with van der Waals surface area (Å²) in [5.74, 6) is 0.675. The number of aromatic amines is 1. The largest absolute Gasteiger partial charge is 0.497 e. The molecule has 1 atom stereocenters. The van der Waals surface area contributed by atoms with Gasteiger partial charge in [-0.3, -0.25) is 9.78 Å². The lowest BCUT2D eigenvalue weighted by molar-refractivity contribution is 0.0695. The van der Waals surface area contributed by atoms with Crippen LogP contribution in [0.1, 0.15) is 40.8 Å². The minimum Gasteiger partial charge on any atom is -0.497 e. The fourth-order valence-electron chi connectivity index (χ4n) is 4.49. The molecule has 5 rings (SSSR count). The third-order valence-corrected chi connectivity index (χ3v) is 6.17. The summed E-state index contributed by atoms with van der Waals surface area (Å²) in [5, 5.41) is 0. The fraction of sp³-hybridized carbons (Fsp3) is 0.269. The molecule has 1 amide bonds. The highest BCUT2D eigenvalue weighted by Crippen LogP contribution is 2.31. The number of methoxy groups -OCH3 is 1. The second-order valence-electron chi connectivity index (χ2n) is 8.49. The lowest BCUT2D eigenvalue weighted by Crippen LogP contribution is -2.39. The molecule has 0 spiro atoms. The van der Waals surface area contributed by atoms with Gasteiger partial charge < -0.3 is 14.6 Å². The first-order valence-corrected chi connectivity index (χ1v) is 11.1. The number of carbonyl (C=O) groups excluding carboxylic acids is 1. The van der Waals surface area contributed by atoms with E-state index < -0.39 is 0 Å². The Morgan fingerprint density at radius 3 is 2.70 bits per heavy atom. The van der Waals surface area contributed by atoms with Gasteiger partial charge in [0.1, 0.15) is 11.6 Å². The maximum absolute atomic E-state index is 13.5. The molecule has 0 aliphatic carbocycles. The summed E-state index contributed by atoms with van der Waals surface area (Å²) in [6.07, 6.45) is 1.85. The molecule has 2 aromatic carbocycles. The molecule has 0 radical (unpaired) electrons. The van der Waals surface area contributed by atoms with Crippen molar-refractivity contribution in [3.05, 3.63) is 77.6 Å². The number of nitrogens with zero attached hydrogens (tertiary/aromatic N) is 3. The number of amides is 1. The third kappa shape index (κ3) is 4.31.